The molecule has 5 rings (SSSR count). The monoisotopic (exact) mass is 692 g/mol. The third-order valence-electron chi connectivity index (χ3n) is 8.38. The summed E-state index contributed by atoms with van der Waals surface area (Å²) in [4.78, 5) is 14.1. The molecular formula is C41H54F2N2O3S. The van der Waals surface area contributed by atoms with Crippen molar-refractivity contribution in [1.29, 1.82) is 0 Å². The number of piperidine rings is 1. The van der Waals surface area contributed by atoms with Crippen LogP contribution in [0, 0.1) is 18.6 Å². The van der Waals surface area contributed by atoms with Crippen molar-refractivity contribution in [1.82, 2.24) is 9.62 Å². The van der Waals surface area contributed by atoms with Gasteiger partial charge in [0.1, 0.15) is 11.6 Å². The first kappa shape index (κ1) is 41.3. The van der Waals surface area contributed by atoms with E-state index in [1.54, 1.807) is 19.1 Å². The van der Waals surface area contributed by atoms with Crippen LogP contribution in [0.2, 0.25) is 0 Å². The first-order chi connectivity index (χ1) is 23.5. The predicted molar refractivity (Wildman–Crippen MR) is 199 cm³/mol. The van der Waals surface area contributed by atoms with E-state index in [2.05, 4.69) is 30.7 Å². The number of hydrogen-bond acceptors (Lipinski definition) is 3. The lowest BCUT2D eigenvalue weighted by Crippen LogP contribution is -2.35. The molecule has 0 bridgehead atoms. The van der Waals surface area contributed by atoms with Gasteiger partial charge in [-0.25, -0.2) is 21.9 Å². The van der Waals surface area contributed by atoms with E-state index in [0.717, 1.165) is 79.4 Å². The average Bonchev–Trinajstić information content (AvgIpc) is 3.14. The maximum absolute atomic E-state index is 12.6. The number of hydrogen-bond donors (Lipinski definition) is 1. The first-order valence-electron chi connectivity index (χ1n) is 17.3. The number of nitrogens with one attached hydrogen (secondary N) is 1. The Kier molecular flexibility index (Phi) is 18.5. The van der Waals surface area contributed by atoms with Gasteiger partial charge >= 0.3 is 0 Å². The summed E-state index contributed by atoms with van der Waals surface area (Å²) < 4.78 is 50.2. The fraction of sp³-hybridized carbons (Fsp3) is 0.390. The summed E-state index contributed by atoms with van der Waals surface area (Å²) in [5.74, 6) is 0.0487. The fourth-order valence-corrected chi connectivity index (χ4v) is 6.03. The van der Waals surface area contributed by atoms with Gasteiger partial charge in [0.15, 0.2) is 0 Å². The van der Waals surface area contributed by atoms with Gasteiger partial charge in [-0.1, -0.05) is 94.4 Å². The van der Waals surface area contributed by atoms with Crippen LogP contribution in [-0.2, 0) is 41.5 Å². The van der Waals surface area contributed by atoms with E-state index in [-0.39, 0.29) is 23.3 Å². The minimum atomic E-state index is -3.16. The Bertz CT molecular complexity index is 1670. The van der Waals surface area contributed by atoms with E-state index in [9.17, 15) is 22.0 Å². The molecular weight excluding hydrogens is 639 g/mol. The molecule has 0 aromatic heterocycles. The molecule has 0 radical (unpaired) electrons. The lowest BCUT2D eigenvalue weighted by atomic mass is 10.1. The van der Waals surface area contributed by atoms with Gasteiger partial charge in [0.2, 0.25) is 10.0 Å². The van der Waals surface area contributed by atoms with Gasteiger partial charge in [-0.2, -0.15) is 0 Å². The molecule has 4 aromatic carbocycles. The Morgan fingerprint density at radius 1 is 0.673 bits per heavy atom. The minimum Gasteiger partial charge on any atom is -0.339 e. The van der Waals surface area contributed by atoms with Gasteiger partial charge in [0, 0.05) is 18.7 Å². The zero-order valence-corrected chi connectivity index (χ0v) is 30.9. The predicted octanol–water partition coefficient (Wildman–Crippen LogP) is 9.26. The van der Waals surface area contributed by atoms with Gasteiger partial charge in [-0.05, 0) is 117 Å². The molecule has 1 amide bonds. The van der Waals surface area contributed by atoms with Crippen LogP contribution in [0.4, 0.5) is 8.78 Å². The number of carbonyl (C=O) groups excluding carboxylic acids is 1. The van der Waals surface area contributed by atoms with Crippen LogP contribution in [0.3, 0.4) is 0 Å². The lowest BCUT2D eigenvalue weighted by Gasteiger charge is -2.26. The topological polar surface area (TPSA) is 66.5 Å². The second-order valence-electron chi connectivity index (χ2n) is 11.9. The molecule has 0 atom stereocenters. The van der Waals surface area contributed by atoms with Crippen molar-refractivity contribution in [3.8, 4) is 0 Å². The van der Waals surface area contributed by atoms with Gasteiger partial charge in [-0.15, -0.1) is 0 Å². The molecule has 1 aliphatic rings. The summed E-state index contributed by atoms with van der Waals surface area (Å²) in [7, 11) is -1.72. The number of nitrogens with zero attached hydrogens (tertiary/aromatic N) is 1. The number of sulfonamides is 1. The number of amides is 1. The Morgan fingerprint density at radius 3 is 1.69 bits per heavy atom. The molecule has 8 heteroatoms. The summed E-state index contributed by atoms with van der Waals surface area (Å²) in [5, 5.41) is 0. The van der Waals surface area contributed by atoms with Gasteiger partial charge in [0.05, 0.1) is 5.75 Å². The molecule has 1 aliphatic heterocycles. The number of aryl methyl sites for hydroxylation is 5. The maximum Gasteiger partial charge on any atom is 0.253 e. The molecule has 5 nitrogen and oxygen atoms in total. The molecule has 266 valence electrons. The van der Waals surface area contributed by atoms with Gasteiger partial charge < -0.3 is 4.90 Å². The number of halogens is 2. The number of benzene rings is 4. The molecule has 1 saturated heterocycles. The SMILES string of the molecule is CCc1ccc(C(=O)N2CCCCC2)cc1.CCc1ccc(F)c(C)c1.CCc1ccccc1CS(=O)(=O)NC.CCc1ccccc1F. The third-order valence-corrected chi connectivity index (χ3v) is 9.69. The molecule has 0 saturated carbocycles. The largest absolute Gasteiger partial charge is 0.339 e. The lowest BCUT2D eigenvalue weighted by molar-refractivity contribution is 0.0724. The van der Waals surface area contributed by atoms with Gasteiger partial charge in [0.25, 0.3) is 5.91 Å². The van der Waals surface area contributed by atoms with Crippen molar-refractivity contribution in [2.75, 3.05) is 20.1 Å². The molecule has 0 spiro atoms. The summed E-state index contributed by atoms with van der Waals surface area (Å²) in [6.45, 7) is 11.8. The maximum atomic E-state index is 12.6. The van der Waals surface area contributed by atoms with Crippen molar-refractivity contribution >= 4 is 15.9 Å². The van der Waals surface area contributed by atoms with Crippen LogP contribution in [0.5, 0.6) is 0 Å². The third kappa shape index (κ3) is 14.6. The second kappa shape index (κ2) is 22.0. The fourth-order valence-electron chi connectivity index (χ4n) is 5.19. The minimum absolute atomic E-state index is 0.0630. The van der Waals surface area contributed by atoms with Crippen LogP contribution in [0.25, 0.3) is 0 Å². The standard InChI is InChI=1S/C14H19NO.C10H15NO2S.C9H11F.C8H9F/c1-2-12-6-8-13(9-7-12)14(16)15-10-4-3-5-11-15;1-3-9-6-4-5-7-10(9)8-14(12,13)11-2;1-3-8-4-5-9(10)7(2)6-8;1-2-7-5-3-4-6-8(7)9/h6-9H,2-5,10-11H2,1H3;4-7,11H,3,8H2,1-2H3;4-6H,3H2,1-2H3;3-6H,2H2,1H3. The van der Waals surface area contributed by atoms with E-state index in [4.69, 9.17) is 0 Å². The summed E-state index contributed by atoms with van der Waals surface area (Å²) in [6, 6.07) is 27.7. The molecule has 1 fully saturated rings. The van der Waals surface area contributed by atoms with Crippen molar-refractivity contribution < 1.29 is 22.0 Å². The molecule has 4 aromatic rings. The second-order valence-corrected chi connectivity index (χ2v) is 13.8. The van der Waals surface area contributed by atoms with Crippen LogP contribution >= 0.6 is 0 Å². The van der Waals surface area contributed by atoms with Crippen molar-refractivity contribution in [2.45, 2.75) is 85.3 Å². The molecule has 49 heavy (non-hydrogen) atoms. The zero-order chi connectivity index (χ0) is 36.2. The Hall–Kier alpha value is -3.88. The van der Waals surface area contributed by atoms with Crippen molar-refractivity contribution in [3.05, 3.63) is 142 Å². The van der Waals surface area contributed by atoms with Crippen LogP contribution in [-0.4, -0.2) is 39.4 Å². The van der Waals surface area contributed by atoms with E-state index < -0.39 is 10.0 Å². The highest BCUT2D eigenvalue weighted by Gasteiger charge is 2.17. The average molecular weight is 693 g/mol. The van der Waals surface area contributed by atoms with E-state index in [0.29, 0.717) is 0 Å². The van der Waals surface area contributed by atoms with Crippen molar-refractivity contribution in [2.24, 2.45) is 0 Å². The molecule has 0 unspecified atom stereocenters. The Morgan fingerprint density at radius 2 is 1.20 bits per heavy atom. The highest BCUT2D eigenvalue weighted by Crippen LogP contribution is 2.15. The summed E-state index contributed by atoms with van der Waals surface area (Å²) >= 11 is 0. The van der Waals surface area contributed by atoms with Gasteiger partial charge in [-0.3, -0.25) is 4.79 Å². The Balaban J connectivity index is 0.000000233. The quantitative estimate of drug-likeness (QED) is 0.200. The Labute approximate surface area is 293 Å². The molecule has 1 heterocycles. The summed E-state index contributed by atoms with van der Waals surface area (Å²) in [6.07, 6.45) is 7.19. The zero-order valence-electron chi connectivity index (χ0n) is 30.1. The molecule has 0 aliphatic carbocycles. The van der Waals surface area contributed by atoms with Crippen LogP contribution in [0.15, 0.2) is 91.0 Å². The van der Waals surface area contributed by atoms with E-state index >= 15 is 0 Å². The smallest absolute Gasteiger partial charge is 0.253 e. The van der Waals surface area contributed by atoms with E-state index in [1.165, 1.54) is 36.7 Å². The highest BCUT2D eigenvalue weighted by atomic mass is 32.2. The number of likely N-dealkylation sites (tertiary alicyclic amines) is 1. The van der Waals surface area contributed by atoms with Crippen LogP contribution < -0.4 is 4.72 Å². The highest BCUT2D eigenvalue weighted by molar-refractivity contribution is 7.88. The van der Waals surface area contributed by atoms with Crippen molar-refractivity contribution in [3.63, 3.8) is 0 Å². The number of carbonyl (C=O) groups is 1. The molecule has 1 N–H and O–H groups in total. The first-order valence-corrected chi connectivity index (χ1v) is 19.0. The van der Waals surface area contributed by atoms with E-state index in [1.807, 2.05) is 73.3 Å². The number of rotatable bonds is 8. The normalized spacial score (nSPS) is 12.4. The summed E-state index contributed by atoms with van der Waals surface area (Å²) in [5.41, 5.74) is 6.81. The van der Waals surface area contributed by atoms with Crippen LogP contribution in [0.1, 0.15) is 90.7 Å².